The number of anilines is 1. The SMILES string of the molecule is COC1=NC(c2cccc(-c3cccc(NC(=O)c4cc(C)c5c(n4)CN(CCO)CC5)c3Cl)c2Cl)C(C)N=C1CN1CCCC1CO. The lowest BCUT2D eigenvalue weighted by molar-refractivity contribution is 0.102. The van der Waals surface area contributed by atoms with Crippen LogP contribution >= 0.6 is 23.2 Å². The van der Waals surface area contributed by atoms with Crippen LogP contribution in [0.1, 0.15) is 58.7 Å². The number of pyridine rings is 1. The molecule has 10 nitrogen and oxygen atoms in total. The van der Waals surface area contributed by atoms with E-state index < -0.39 is 0 Å². The van der Waals surface area contributed by atoms with Gasteiger partial charge in [-0.1, -0.05) is 53.5 Å². The molecule has 3 aliphatic rings. The summed E-state index contributed by atoms with van der Waals surface area (Å²) in [5.41, 5.74) is 6.75. The second-order valence-electron chi connectivity index (χ2n) is 12.7. The summed E-state index contributed by atoms with van der Waals surface area (Å²) in [6.07, 6.45) is 2.84. The lowest BCUT2D eigenvalue weighted by Crippen LogP contribution is -2.41. The second-order valence-corrected chi connectivity index (χ2v) is 13.4. The Kier molecular flexibility index (Phi) is 10.8. The minimum absolute atomic E-state index is 0.0809. The normalized spacial score (nSPS) is 21.4. The summed E-state index contributed by atoms with van der Waals surface area (Å²) in [6.45, 7) is 7.71. The van der Waals surface area contributed by atoms with E-state index >= 15 is 0 Å². The number of aliphatic hydroxyl groups excluding tert-OH is 2. The molecule has 1 aromatic heterocycles. The van der Waals surface area contributed by atoms with Crippen LogP contribution in [0.2, 0.25) is 10.0 Å². The standard InChI is InChI=1S/C36H42Cl2N6O4/c1-21-17-29(40-30-18-43(15-16-45)14-12-24(21)30)35(47)41-28-11-5-9-26(33(28)38)25-8-4-10-27(32(25)37)34-22(2)39-31(36(42-34)48-3)19-44-13-6-7-23(44)20-46/h4-5,8-11,17,22-23,34,45-46H,6-7,12-16,18-20H2,1-3H3,(H,41,47). The number of nitrogens with one attached hydrogen (secondary N) is 1. The van der Waals surface area contributed by atoms with Crippen molar-refractivity contribution in [3.05, 3.63) is 80.6 Å². The van der Waals surface area contributed by atoms with E-state index in [-0.39, 0.29) is 37.2 Å². The number of hydrogen-bond donors (Lipinski definition) is 3. The molecule has 3 aromatic rings. The number of aryl methyl sites for hydroxylation is 1. The molecule has 2 aromatic carbocycles. The largest absolute Gasteiger partial charge is 0.480 e. The molecular weight excluding hydrogens is 651 g/mol. The van der Waals surface area contributed by atoms with Crippen molar-refractivity contribution in [1.82, 2.24) is 14.8 Å². The average Bonchev–Trinajstić information content (AvgIpc) is 3.53. The van der Waals surface area contributed by atoms with E-state index in [9.17, 15) is 15.0 Å². The zero-order valence-corrected chi connectivity index (χ0v) is 29.1. The number of hydrogen-bond acceptors (Lipinski definition) is 9. The molecule has 3 atom stereocenters. The second kappa shape index (κ2) is 15.0. The van der Waals surface area contributed by atoms with Gasteiger partial charge in [0.15, 0.2) is 0 Å². The van der Waals surface area contributed by atoms with Crippen molar-refractivity contribution in [3.8, 4) is 11.1 Å². The number of ether oxygens (including phenoxy) is 1. The summed E-state index contributed by atoms with van der Waals surface area (Å²) in [5.74, 6) is 0.113. The number of benzene rings is 2. The molecule has 1 fully saturated rings. The van der Waals surface area contributed by atoms with Gasteiger partial charge in [-0.3, -0.25) is 19.6 Å². The predicted molar refractivity (Wildman–Crippen MR) is 191 cm³/mol. The number of fused-ring (bicyclic) bond motifs is 1. The Bertz CT molecular complexity index is 1750. The Morgan fingerprint density at radius 3 is 2.60 bits per heavy atom. The maximum absolute atomic E-state index is 13.5. The predicted octanol–water partition coefficient (Wildman–Crippen LogP) is 5.35. The Morgan fingerprint density at radius 1 is 1.08 bits per heavy atom. The molecule has 3 aliphatic heterocycles. The van der Waals surface area contributed by atoms with Gasteiger partial charge in [0.05, 0.1) is 47.8 Å². The van der Waals surface area contributed by atoms with Gasteiger partial charge in [-0.2, -0.15) is 0 Å². The Hall–Kier alpha value is -3.38. The third-order valence-electron chi connectivity index (χ3n) is 9.59. The van der Waals surface area contributed by atoms with E-state index in [0.29, 0.717) is 58.1 Å². The number of likely N-dealkylation sites (tertiary alicyclic amines) is 1. The lowest BCUT2D eigenvalue weighted by Gasteiger charge is -2.29. The number of β-amino-alcohol motifs (C(OH)–C–C–N with tert-alkyl or cyclic N) is 1. The first-order valence-electron chi connectivity index (χ1n) is 16.5. The lowest BCUT2D eigenvalue weighted by atomic mass is 9.95. The molecule has 1 amide bonds. The van der Waals surface area contributed by atoms with Crippen LogP contribution in [0.15, 0.2) is 52.4 Å². The molecule has 0 radical (unpaired) electrons. The van der Waals surface area contributed by atoms with Crippen LogP contribution in [0.4, 0.5) is 5.69 Å². The summed E-state index contributed by atoms with van der Waals surface area (Å²) >= 11 is 14.1. The van der Waals surface area contributed by atoms with Gasteiger partial charge in [-0.05, 0) is 68.5 Å². The third-order valence-corrected chi connectivity index (χ3v) is 10.4. The average molecular weight is 694 g/mol. The van der Waals surface area contributed by atoms with Crippen molar-refractivity contribution < 1.29 is 19.7 Å². The van der Waals surface area contributed by atoms with Crippen molar-refractivity contribution in [2.45, 2.75) is 57.8 Å². The van der Waals surface area contributed by atoms with Crippen molar-refractivity contribution in [3.63, 3.8) is 0 Å². The highest BCUT2D eigenvalue weighted by atomic mass is 35.5. The number of aliphatic imine (C=N–C) groups is 2. The molecule has 12 heteroatoms. The van der Waals surface area contributed by atoms with E-state index in [1.807, 2.05) is 50.2 Å². The zero-order chi connectivity index (χ0) is 33.9. The molecule has 0 bridgehead atoms. The van der Waals surface area contributed by atoms with E-state index in [0.717, 1.165) is 60.4 Å². The molecule has 3 unspecified atom stereocenters. The molecule has 0 spiro atoms. The van der Waals surface area contributed by atoms with Crippen LogP contribution in [0.25, 0.3) is 11.1 Å². The van der Waals surface area contributed by atoms with Crippen LogP contribution in [0, 0.1) is 6.92 Å². The third kappa shape index (κ3) is 7.01. The van der Waals surface area contributed by atoms with E-state index in [1.165, 1.54) is 0 Å². The molecule has 0 saturated carbocycles. The minimum atomic E-state index is -0.378. The number of aromatic nitrogens is 1. The van der Waals surface area contributed by atoms with E-state index in [1.54, 1.807) is 13.2 Å². The van der Waals surface area contributed by atoms with Gasteiger partial charge < -0.3 is 20.3 Å². The van der Waals surface area contributed by atoms with Crippen LogP contribution in [-0.4, -0.2) is 101 Å². The van der Waals surface area contributed by atoms with Gasteiger partial charge in [0, 0.05) is 43.3 Å². The van der Waals surface area contributed by atoms with Crippen molar-refractivity contribution in [2.24, 2.45) is 9.98 Å². The maximum Gasteiger partial charge on any atom is 0.274 e. The summed E-state index contributed by atoms with van der Waals surface area (Å²) in [4.78, 5) is 32.5. The van der Waals surface area contributed by atoms with Crippen molar-refractivity contribution >= 4 is 46.4 Å². The molecule has 254 valence electrons. The fourth-order valence-corrected chi connectivity index (χ4v) is 7.66. The molecule has 48 heavy (non-hydrogen) atoms. The first-order chi connectivity index (χ1) is 23.2. The molecule has 3 N–H and O–H groups in total. The van der Waals surface area contributed by atoms with E-state index in [2.05, 4.69) is 15.1 Å². The van der Waals surface area contributed by atoms with Crippen molar-refractivity contribution in [2.75, 3.05) is 51.8 Å². The van der Waals surface area contributed by atoms with Crippen LogP contribution in [0.5, 0.6) is 0 Å². The number of halogens is 2. The fraction of sp³-hybridized carbons (Fsp3) is 0.444. The summed E-state index contributed by atoms with van der Waals surface area (Å²) in [7, 11) is 1.60. The number of methoxy groups -OCH3 is 1. The van der Waals surface area contributed by atoms with Crippen LogP contribution < -0.4 is 5.32 Å². The molecular formula is C36H42Cl2N6O4. The van der Waals surface area contributed by atoms with Gasteiger partial charge in [0.1, 0.15) is 17.4 Å². The molecule has 6 rings (SSSR count). The highest BCUT2D eigenvalue weighted by molar-refractivity contribution is 6.40. The fourth-order valence-electron chi connectivity index (χ4n) is 7.05. The van der Waals surface area contributed by atoms with Crippen molar-refractivity contribution in [1.29, 1.82) is 0 Å². The highest BCUT2D eigenvalue weighted by Crippen LogP contribution is 2.42. The van der Waals surface area contributed by atoms with Crippen LogP contribution in [-0.2, 0) is 17.7 Å². The van der Waals surface area contributed by atoms with Gasteiger partial charge in [-0.25, -0.2) is 9.98 Å². The number of carbonyl (C=O) groups excluding carboxylic acids is 1. The smallest absolute Gasteiger partial charge is 0.274 e. The number of nitrogens with zero attached hydrogens (tertiary/aromatic N) is 5. The Labute approximate surface area is 291 Å². The minimum Gasteiger partial charge on any atom is -0.480 e. The Morgan fingerprint density at radius 2 is 1.85 bits per heavy atom. The quantitative estimate of drug-likeness (QED) is 0.276. The van der Waals surface area contributed by atoms with Gasteiger partial charge in [0.25, 0.3) is 5.91 Å². The van der Waals surface area contributed by atoms with Gasteiger partial charge in [-0.15, -0.1) is 0 Å². The van der Waals surface area contributed by atoms with Gasteiger partial charge >= 0.3 is 0 Å². The zero-order valence-electron chi connectivity index (χ0n) is 27.5. The number of amides is 1. The van der Waals surface area contributed by atoms with Gasteiger partial charge in [0.2, 0.25) is 5.90 Å². The first-order valence-corrected chi connectivity index (χ1v) is 17.2. The summed E-state index contributed by atoms with van der Waals surface area (Å²) < 4.78 is 5.71. The monoisotopic (exact) mass is 692 g/mol. The highest BCUT2D eigenvalue weighted by Gasteiger charge is 2.32. The number of rotatable bonds is 9. The molecule has 0 aliphatic carbocycles. The summed E-state index contributed by atoms with van der Waals surface area (Å²) in [6, 6.07) is 12.6. The molecule has 4 heterocycles. The molecule has 1 saturated heterocycles. The maximum atomic E-state index is 13.5. The summed E-state index contributed by atoms with van der Waals surface area (Å²) in [5, 5.41) is 23.0. The topological polar surface area (TPSA) is 123 Å². The first kappa shape index (κ1) is 34.5. The Balaban J connectivity index is 1.24. The van der Waals surface area contributed by atoms with Crippen LogP contribution in [0.3, 0.4) is 0 Å². The number of aliphatic hydroxyl groups is 2. The van der Waals surface area contributed by atoms with E-state index in [4.69, 9.17) is 42.9 Å². The number of carbonyl (C=O) groups is 1.